The molecule has 230 valence electrons. The lowest BCUT2D eigenvalue weighted by atomic mass is 9.96. The van der Waals surface area contributed by atoms with Crippen molar-refractivity contribution in [2.24, 2.45) is 0 Å². The number of benzene rings is 1. The smallest absolute Gasteiger partial charge is 0.408 e. The topological polar surface area (TPSA) is 137 Å². The highest BCUT2D eigenvalue weighted by atomic mass is 32.2. The average Bonchev–Trinajstić information content (AvgIpc) is 3.15. The van der Waals surface area contributed by atoms with Crippen molar-refractivity contribution >= 4 is 47.3 Å². The monoisotopic (exact) mass is 610 g/mol. The SMILES string of the molecule is CSC[C@H](NC(=O)OC(C)(C)C)C(=O)N[C@@H](Cc1ccccc1)[C@H](O)C(=O)N1CSC(C)(C)[C@H]1C(=O)NC(C)(C)C. The first-order chi connectivity index (χ1) is 18.8. The molecule has 0 saturated carbocycles. The van der Waals surface area contributed by atoms with Gasteiger partial charge in [-0.25, -0.2) is 4.79 Å². The number of hydrogen-bond donors (Lipinski definition) is 4. The summed E-state index contributed by atoms with van der Waals surface area (Å²) < 4.78 is 4.72. The molecule has 1 aromatic rings. The Bertz CT molecular complexity index is 1070. The van der Waals surface area contributed by atoms with E-state index in [-0.39, 0.29) is 24.0 Å². The van der Waals surface area contributed by atoms with Gasteiger partial charge >= 0.3 is 6.09 Å². The van der Waals surface area contributed by atoms with E-state index in [1.807, 2.05) is 65.0 Å². The first-order valence-electron chi connectivity index (χ1n) is 13.6. The first-order valence-corrected chi connectivity index (χ1v) is 16.0. The maximum absolute atomic E-state index is 13.8. The van der Waals surface area contributed by atoms with Crippen LogP contribution in [-0.4, -0.2) is 91.8 Å². The lowest BCUT2D eigenvalue weighted by Crippen LogP contribution is -2.61. The Balaban J connectivity index is 2.33. The highest BCUT2D eigenvalue weighted by molar-refractivity contribution is 8.00. The summed E-state index contributed by atoms with van der Waals surface area (Å²) in [5, 5.41) is 19.8. The number of nitrogens with one attached hydrogen (secondary N) is 3. The molecule has 41 heavy (non-hydrogen) atoms. The molecule has 1 aliphatic rings. The number of rotatable bonds is 10. The largest absolute Gasteiger partial charge is 0.444 e. The van der Waals surface area contributed by atoms with E-state index >= 15 is 0 Å². The van der Waals surface area contributed by atoms with Crippen molar-refractivity contribution in [1.29, 1.82) is 0 Å². The maximum Gasteiger partial charge on any atom is 0.408 e. The van der Waals surface area contributed by atoms with Crippen LogP contribution >= 0.6 is 23.5 Å². The molecule has 4 atom stereocenters. The third-order valence-electron chi connectivity index (χ3n) is 6.18. The van der Waals surface area contributed by atoms with Crippen molar-refractivity contribution in [2.75, 3.05) is 17.9 Å². The van der Waals surface area contributed by atoms with Crippen LogP contribution in [0.4, 0.5) is 4.79 Å². The molecule has 1 fully saturated rings. The van der Waals surface area contributed by atoms with Gasteiger partial charge in [0.15, 0.2) is 6.10 Å². The van der Waals surface area contributed by atoms with Crippen LogP contribution in [0.1, 0.15) is 61.0 Å². The highest BCUT2D eigenvalue weighted by Crippen LogP contribution is 2.40. The minimum atomic E-state index is -1.64. The molecule has 12 heteroatoms. The van der Waals surface area contributed by atoms with Gasteiger partial charge in [-0.05, 0) is 73.6 Å². The van der Waals surface area contributed by atoms with E-state index in [9.17, 15) is 24.3 Å². The maximum atomic E-state index is 13.8. The van der Waals surface area contributed by atoms with E-state index in [1.165, 1.54) is 28.4 Å². The van der Waals surface area contributed by atoms with Gasteiger partial charge in [-0.3, -0.25) is 14.4 Å². The Morgan fingerprint density at radius 2 is 1.71 bits per heavy atom. The number of ether oxygens (including phenoxy) is 1. The molecule has 1 saturated heterocycles. The number of nitrogens with zero attached hydrogens (tertiary/aromatic N) is 1. The number of thioether (sulfide) groups is 2. The Kier molecular flexibility index (Phi) is 12.0. The zero-order valence-corrected chi connectivity index (χ0v) is 27.2. The Morgan fingerprint density at radius 3 is 2.24 bits per heavy atom. The van der Waals surface area contributed by atoms with Crippen LogP contribution < -0.4 is 16.0 Å². The summed E-state index contributed by atoms with van der Waals surface area (Å²) in [6.07, 6.45) is -0.435. The molecule has 0 radical (unpaired) electrons. The van der Waals surface area contributed by atoms with Gasteiger partial charge in [0.2, 0.25) is 11.8 Å². The second kappa shape index (κ2) is 14.2. The molecule has 2 rings (SSSR count). The molecule has 0 unspecified atom stereocenters. The summed E-state index contributed by atoms with van der Waals surface area (Å²) in [7, 11) is 0. The number of carbonyl (C=O) groups excluding carboxylic acids is 4. The van der Waals surface area contributed by atoms with Gasteiger partial charge in [0.05, 0.1) is 11.9 Å². The number of amides is 4. The van der Waals surface area contributed by atoms with Crippen molar-refractivity contribution < 1.29 is 29.0 Å². The van der Waals surface area contributed by atoms with E-state index in [0.717, 1.165) is 5.56 Å². The molecule has 4 N–H and O–H groups in total. The fraction of sp³-hybridized carbons (Fsp3) is 0.655. The minimum Gasteiger partial charge on any atom is -0.444 e. The number of alkyl carbamates (subject to hydrolysis) is 1. The normalized spacial score (nSPS) is 19.1. The van der Waals surface area contributed by atoms with Crippen LogP contribution in [-0.2, 0) is 25.5 Å². The summed E-state index contributed by atoms with van der Waals surface area (Å²) in [4.78, 5) is 54.3. The summed E-state index contributed by atoms with van der Waals surface area (Å²) in [6, 6.07) is 6.37. The van der Waals surface area contributed by atoms with Gasteiger partial charge < -0.3 is 30.7 Å². The van der Waals surface area contributed by atoms with Crippen molar-refractivity contribution in [1.82, 2.24) is 20.9 Å². The van der Waals surface area contributed by atoms with Crippen LogP contribution in [0, 0.1) is 0 Å². The van der Waals surface area contributed by atoms with E-state index < -0.39 is 58.0 Å². The van der Waals surface area contributed by atoms with E-state index in [0.29, 0.717) is 0 Å². The molecule has 4 amide bonds. The summed E-state index contributed by atoms with van der Waals surface area (Å²) in [5.74, 6) is -1.06. The second-order valence-corrected chi connectivity index (χ2v) is 15.2. The average molecular weight is 611 g/mol. The van der Waals surface area contributed by atoms with Gasteiger partial charge in [0.1, 0.15) is 17.7 Å². The summed E-state index contributed by atoms with van der Waals surface area (Å²) >= 11 is 2.81. The molecule has 1 aliphatic heterocycles. The Hall–Kier alpha value is -2.44. The molecular weight excluding hydrogens is 564 g/mol. The molecule has 0 bridgehead atoms. The van der Waals surface area contributed by atoms with Crippen LogP contribution in [0.25, 0.3) is 0 Å². The van der Waals surface area contributed by atoms with Gasteiger partial charge in [-0.1, -0.05) is 30.3 Å². The van der Waals surface area contributed by atoms with Crippen LogP contribution in [0.3, 0.4) is 0 Å². The van der Waals surface area contributed by atoms with E-state index in [1.54, 1.807) is 27.0 Å². The van der Waals surface area contributed by atoms with E-state index in [2.05, 4.69) is 16.0 Å². The fourth-order valence-electron chi connectivity index (χ4n) is 4.39. The first kappa shape index (κ1) is 34.8. The zero-order chi connectivity index (χ0) is 31.2. The molecular formula is C29H46N4O6S2. The number of hydrogen-bond acceptors (Lipinski definition) is 8. The second-order valence-electron chi connectivity index (χ2n) is 12.7. The number of aliphatic hydroxyl groups is 1. The van der Waals surface area contributed by atoms with Crippen molar-refractivity contribution in [3.63, 3.8) is 0 Å². The third-order valence-corrected chi connectivity index (χ3v) is 8.22. The minimum absolute atomic E-state index is 0.154. The zero-order valence-electron chi connectivity index (χ0n) is 25.6. The summed E-state index contributed by atoms with van der Waals surface area (Å²) in [5.41, 5.74) is -0.463. The van der Waals surface area contributed by atoms with Crippen molar-refractivity contribution in [3.8, 4) is 0 Å². The molecule has 10 nitrogen and oxygen atoms in total. The van der Waals surface area contributed by atoms with Crippen LogP contribution in [0.5, 0.6) is 0 Å². The van der Waals surface area contributed by atoms with Gasteiger partial charge in [-0.15, -0.1) is 11.8 Å². The van der Waals surface area contributed by atoms with Gasteiger partial charge in [-0.2, -0.15) is 11.8 Å². The van der Waals surface area contributed by atoms with Crippen LogP contribution in [0.15, 0.2) is 30.3 Å². The Labute approximate surface area is 252 Å². The number of carbonyl (C=O) groups is 4. The lowest BCUT2D eigenvalue weighted by Gasteiger charge is -2.35. The molecule has 0 aromatic heterocycles. The van der Waals surface area contributed by atoms with E-state index in [4.69, 9.17) is 4.74 Å². The highest BCUT2D eigenvalue weighted by Gasteiger charge is 2.50. The molecule has 1 heterocycles. The quantitative estimate of drug-likeness (QED) is 0.318. The lowest BCUT2D eigenvalue weighted by molar-refractivity contribution is -0.148. The van der Waals surface area contributed by atoms with Gasteiger partial charge in [0, 0.05) is 16.0 Å². The standard InChI is InChI=1S/C29H46N4O6S2/c1-27(2,3)32-24(36)22-29(7,8)41-17-33(22)25(37)21(34)19(15-18-13-11-10-12-14-18)30-23(35)20(16-40-9)31-26(38)39-28(4,5)6/h10-14,19-22,34H,15-17H2,1-9H3,(H,30,35)(H,31,38)(H,32,36)/t19-,20-,21-,22+/m0/s1. The summed E-state index contributed by atoms with van der Waals surface area (Å²) in [6.45, 7) is 14.5. The van der Waals surface area contributed by atoms with Crippen molar-refractivity contribution in [2.45, 2.75) is 102 Å². The number of aliphatic hydroxyl groups excluding tert-OH is 1. The van der Waals surface area contributed by atoms with Crippen LogP contribution in [0.2, 0.25) is 0 Å². The van der Waals surface area contributed by atoms with Crippen molar-refractivity contribution in [3.05, 3.63) is 35.9 Å². The predicted molar refractivity (Wildman–Crippen MR) is 165 cm³/mol. The van der Waals surface area contributed by atoms with Gasteiger partial charge in [0.25, 0.3) is 5.91 Å². The molecule has 0 aliphatic carbocycles. The molecule has 0 spiro atoms. The third kappa shape index (κ3) is 10.7. The predicted octanol–water partition coefficient (Wildman–Crippen LogP) is 2.93. The fourth-order valence-corrected chi connectivity index (χ4v) is 6.09. The Morgan fingerprint density at radius 1 is 1.10 bits per heavy atom. The molecule has 1 aromatic carbocycles.